The van der Waals surface area contributed by atoms with Crippen LogP contribution < -0.4 is 10.6 Å². The van der Waals surface area contributed by atoms with Gasteiger partial charge in [-0.3, -0.25) is 9.59 Å². The Hall–Kier alpha value is -2.71. The molecule has 28 heavy (non-hydrogen) atoms. The van der Waals surface area contributed by atoms with Crippen LogP contribution in [0.4, 0.5) is 11.4 Å². The largest absolute Gasteiger partial charge is 0.376 e. The molecule has 0 aromatic heterocycles. The molecule has 0 radical (unpaired) electrons. The van der Waals surface area contributed by atoms with Gasteiger partial charge >= 0.3 is 0 Å². The number of anilines is 2. The number of rotatable bonds is 7. The Morgan fingerprint density at radius 2 is 1.68 bits per heavy atom. The molecule has 1 saturated heterocycles. The van der Waals surface area contributed by atoms with Crippen LogP contribution in [0.5, 0.6) is 0 Å². The zero-order chi connectivity index (χ0) is 20.1. The number of nitrogens with zero attached hydrogens (tertiary/aromatic N) is 1. The lowest BCUT2D eigenvalue weighted by Crippen LogP contribution is -2.28. The lowest BCUT2D eigenvalue weighted by Gasteiger charge is -2.16. The van der Waals surface area contributed by atoms with Crippen LogP contribution in [0.15, 0.2) is 53.4 Å². The van der Waals surface area contributed by atoms with E-state index in [0.29, 0.717) is 30.0 Å². The van der Waals surface area contributed by atoms with Crippen LogP contribution >= 0.6 is 0 Å². The molecule has 0 spiro atoms. The van der Waals surface area contributed by atoms with Crippen LogP contribution in [0.1, 0.15) is 30.1 Å². The fourth-order valence-electron chi connectivity index (χ4n) is 3.02. The van der Waals surface area contributed by atoms with E-state index < -0.39 is 10.0 Å². The summed E-state index contributed by atoms with van der Waals surface area (Å²) in [7, 11) is -3.52. The maximum atomic E-state index is 12.6. The Morgan fingerprint density at radius 1 is 1.00 bits per heavy atom. The number of hydrogen-bond acceptors (Lipinski definition) is 5. The predicted molar refractivity (Wildman–Crippen MR) is 108 cm³/mol. The van der Waals surface area contributed by atoms with Crippen molar-refractivity contribution in [3.05, 3.63) is 54.1 Å². The van der Waals surface area contributed by atoms with Gasteiger partial charge in [0.15, 0.2) is 5.78 Å². The van der Waals surface area contributed by atoms with E-state index in [0.717, 1.165) is 12.8 Å². The topological polar surface area (TPSA) is 95.6 Å². The maximum absolute atomic E-state index is 12.6. The van der Waals surface area contributed by atoms with E-state index in [2.05, 4.69) is 10.6 Å². The number of nitrogens with one attached hydrogen (secondary N) is 2. The number of benzene rings is 2. The number of ketones is 1. The first-order valence-corrected chi connectivity index (χ1v) is 10.6. The molecule has 1 aliphatic heterocycles. The quantitative estimate of drug-likeness (QED) is 0.696. The van der Waals surface area contributed by atoms with E-state index in [1.54, 1.807) is 36.4 Å². The fourth-order valence-corrected chi connectivity index (χ4v) is 4.59. The van der Waals surface area contributed by atoms with E-state index in [9.17, 15) is 18.0 Å². The minimum atomic E-state index is -3.52. The molecule has 2 N–H and O–H groups in total. The normalized spacial score (nSPS) is 14.6. The maximum Gasteiger partial charge on any atom is 0.243 e. The molecule has 7 nitrogen and oxygen atoms in total. The summed E-state index contributed by atoms with van der Waals surface area (Å²) in [6.45, 7) is 2.58. The second-order valence-corrected chi connectivity index (χ2v) is 8.61. The number of sulfonamides is 1. The molecule has 0 aliphatic carbocycles. The van der Waals surface area contributed by atoms with E-state index in [4.69, 9.17) is 0 Å². The van der Waals surface area contributed by atoms with E-state index in [-0.39, 0.29) is 23.1 Å². The number of hydrogen-bond donors (Lipinski definition) is 2. The van der Waals surface area contributed by atoms with Gasteiger partial charge in [-0.05, 0) is 62.2 Å². The van der Waals surface area contributed by atoms with Crippen molar-refractivity contribution in [1.82, 2.24) is 4.31 Å². The van der Waals surface area contributed by atoms with Crippen molar-refractivity contribution in [3.8, 4) is 0 Å². The Morgan fingerprint density at radius 3 is 2.32 bits per heavy atom. The highest BCUT2D eigenvalue weighted by atomic mass is 32.2. The van der Waals surface area contributed by atoms with Crippen LogP contribution in [0, 0.1) is 0 Å². The van der Waals surface area contributed by atoms with Crippen molar-refractivity contribution in [1.29, 1.82) is 0 Å². The van der Waals surface area contributed by atoms with E-state index in [1.807, 2.05) is 0 Å². The van der Waals surface area contributed by atoms with Gasteiger partial charge in [-0.2, -0.15) is 4.31 Å². The molecule has 1 aliphatic rings. The van der Waals surface area contributed by atoms with Gasteiger partial charge in [0, 0.05) is 30.0 Å². The third-order valence-corrected chi connectivity index (χ3v) is 6.46. The van der Waals surface area contributed by atoms with Gasteiger partial charge in [0.05, 0.1) is 11.4 Å². The first-order valence-electron chi connectivity index (χ1n) is 9.11. The molecule has 1 fully saturated rings. The summed E-state index contributed by atoms with van der Waals surface area (Å²) in [5, 5.41) is 5.68. The molecule has 2 aromatic rings. The molecule has 8 heteroatoms. The molecule has 1 amide bonds. The van der Waals surface area contributed by atoms with Gasteiger partial charge < -0.3 is 10.6 Å². The van der Waals surface area contributed by atoms with Gasteiger partial charge in [-0.15, -0.1) is 0 Å². The van der Waals surface area contributed by atoms with Crippen molar-refractivity contribution in [2.45, 2.75) is 24.7 Å². The van der Waals surface area contributed by atoms with Gasteiger partial charge in [-0.25, -0.2) is 8.42 Å². The molecule has 0 bridgehead atoms. The van der Waals surface area contributed by atoms with Crippen LogP contribution in [0.25, 0.3) is 0 Å². The molecule has 0 atom stereocenters. The van der Waals surface area contributed by atoms with Crippen LogP contribution in [0.2, 0.25) is 0 Å². The highest BCUT2D eigenvalue weighted by Gasteiger charge is 2.27. The zero-order valence-electron chi connectivity index (χ0n) is 15.6. The summed E-state index contributed by atoms with van der Waals surface area (Å²) in [4.78, 5) is 23.6. The van der Waals surface area contributed by atoms with Gasteiger partial charge in [0.1, 0.15) is 0 Å². The summed E-state index contributed by atoms with van der Waals surface area (Å²) in [5.74, 6) is -0.320. The van der Waals surface area contributed by atoms with E-state index >= 15 is 0 Å². The Bertz CT molecular complexity index is 965. The van der Waals surface area contributed by atoms with Crippen molar-refractivity contribution in [2.24, 2.45) is 0 Å². The summed E-state index contributed by atoms with van der Waals surface area (Å²) in [6, 6.07) is 13.1. The first-order chi connectivity index (χ1) is 13.4. The third-order valence-electron chi connectivity index (χ3n) is 4.57. The lowest BCUT2D eigenvalue weighted by molar-refractivity contribution is -0.114. The van der Waals surface area contributed by atoms with Crippen molar-refractivity contribution < 1.29 is 18.0 Å². The number of carbonyl (C=O) groups excluding carboxylic acids is 2. The Balaban J connectivity index is 1.60. The van der Waals surface area contributed by atoms with Crippen molar-refractivity contribution in [2.75, 3.05) is 30.3 Å². The standard InChI is InChI=1S/C20H23N3O4S/c1-15(24)16-7-9-17(10-8-16)21-14-20(25)22-18-5-4-6-19(13-18)28(26,27)23-11-2-3-12-23/h4-10,13,21H,2-3,11-12,14H2,1H3,(H,22,25). The lowest BCUT2D eigenvalue weighted by atomic mass is 10.1. The van der Waals surface area contributed by atoms with Crippen LogP contribution in [-0.4, -0.2) is 44.0 Å². The molecular formula is C20H23N3O4S. The average Bonchev–Trinajstić information content (AvgIpc) is 3.22. The number of amides is 1. The summed E-state index contributed by atoms with van der Waals surface area (Å²) >= 11 is 0. The average molecular weight is 401 g/mol. The minimum Gasteiger partial charge on any atom is -0.376 e. The van der Waals surface area contributed by atoms with Gasteiger partial charge in [0.2, 0.25) is 15.9 Å². The Labute approximate surface area is 164 Å². The molecule has 0 unspecified atom stereocenters. The minimum absolute atomic E-state index is 0.0164. The second-order valence-electron chi connectivity index (χ2n) is 6.67. The summed E-state index contributed by atoms with van der Waals surface area (Å²) < 4.78 is 26.7. The number of Topliss-reactive ketones (excluding diaryl/α,β-unsaturated/α-hetero) is 1. The van der Waals surface area contributed by atoms with Gasteiger partial charge in [0.25, 0.3) is 0 Å². The summed E-state index contributed by atoms with van der Waals surface area (Å²) in [6.07, 6.45) is 1.74. The molecular weight excluding hydrogens is 378 g/mol. The SMILES string of the molecule is CC(=O)c1ccc(NCC(=O)Nc2cccc(S(=O)(=O)N3CCCC3)c2)cc1. The van der Waals surface area contributed by atoms with Crippen LogP contribution in [-0.2, 0) is 14.8 Å². The number of carbonyl (C=O) groups is 2. The third kappa shape index (κ3) is 4.76. The monoisotopic (exact) mass is 401 g/mol. The Kier molecular flexibility index (Phi) is 6.11. The molecule has 148 valence electrons. The molecule has 2 aromatic carbocycles. The highest BCUT2D eigenvalue weighted by Crippen LogP contribution is 2.23. The zero-order valence-corrected chi connectivity index (χ0v) is 16.5. The molecule has 0 saturated carbocycles. The predicted octanol–water partition coefficient (Wildman–Crippen LogP) is 2.72. The molecule has 1 heterocycles. The van der Waals surface area contributed by atoms with Crippen molar-refractivity contribution >= 4 is 33.1 Å². The molecule has 3 rings (SSSR count). The highest BCUT2D eigenvalue weighted by molar-refractivity contribution is 7.89. The van der Waals surface area contributed by atoms with Crippen LogP contribution in [0.3, 0.4) is 0 Å². The summed E-state index contributed by atoms with van der Waals surface area (Å²) in [5.41, 5.74) is 1.75. The van der Waals surface area contributed by atoms with Gasteiger partial charge in [-0.1, -0.05) is 6.07 Å². The van der Waals surface area contributed by atoms with Crippen molar-refractivity contribution in [3.63, 3.8) is 0 Å². The first kappa shape index (κ1) is 20.0. The smallest absolute Gasteiger partial charge is 0.243 e. The van der Waals surface area contributed by atoms with E-state index in [1.165, 1.54) is 23.4 Å². The second kappa shape index (κ2) is 8.53. The fraction of sp³-hybridized carbons (Fsp3) is 0.300.